The number of hydrogen-bond acceptors (Lipinski definition) is 4. The average molecular weight is 261 g/mol. The lowest BCUT2D eigenvalue weighted by Gasteiger charge is -2.39. The van der Waals surface area contributed by atoms with Crippen LogP contribution >= 0.6 is 0 Å². The molecule has 3 rings (SSSR count). The van der Waals surface area contributed by atoms with Crippen LogP contribution < -0.4 is 4.90 Å². The monoisotopic (exact) mass is 261 g/mol. The van der Waals surface area contributed by atoms with Crippen LogP contribution in [0.3, 0.4) is 0 Å². The molecule has 2 saturated heterocycles. The number of anilines is 1. The summed E-state index contributed by atoms with van der Waals surface area (Å²) in [6, 6.07) is 2.88. The van der Waals surface area contributed by atoms with Crippen LogP contribution in [0.5, 0.6) is 0 Å². The zero-order valence-corrected chi connectivity index (χ0v) is 11.1. The standard InChI is InChI=1S/C14H19N3O2/c1-9-15-5-4-13(16-9)17-11-2-3-12(17)7-10(6-11)8-14(18)19/h4-5,10-12H,2-3,6-8H2,1H3,(H,18,19). The maximum atomic E-state index is 10.9. The third-order valence-corrected chi connectivity index (χ3v) is 4.32. The van der Waals surface area contributed by atoms with Crippen molar-refractivity contribution >= 4 is 11.8 Å². The molecule has 5 heteroatoms. The molecule has 2 bridgehead atoms. The zero-order valence-electron chi connectivity index (χ0n) is 11.1. The van der Waals surface area contributed by atoms with E-state index >= 15 is 0 Å². The van der Waals surface area contributed by atoms with E-state index < -0.39 is 5.97 Å². The van der Waals surface area contributed by atoms with Crippen LogP contribution in [0.25, 0.3) is 0 Å². The quantitative estimate of drug-likeness (QED) is 0.901. The minimum Gasteiger partial charge on any atom is -0.481 e. The number of piperidine rings is 1. The van der Waals surface area contributed by atoms with Gasteiger partial charge in [0.1, 0.15) is 11.6 Å². The van der Waals surface area contributed by atoms with Gasteiger partial charge in [-0.15, -0.1) is 0 Å². The minimum absolute atomic E-state index is 0.309. The molecule has 2 unspecified atom stereocenters. The zero-order chi connectivity index (χ0) is 13.4. The van der Waals surface area contributed by atoms with Crippen LogP contribution in [-0.4, -0.2) is 33.1 Å². The van der Waals surface area contributed by atoms with Crippen LogP contribution in [0, 0.1) is 12.8 Å². The summed E-state index contributed by atoms with van der Waals surface area (Å²) in [5, 5.41) is 8.94. The van der Waals surface area contributed by atoms with E-state index in [1.807, 2.05) is 13.0 Å². The normalized spacial score (nSPS) is 29.5. The number of nitrogens with zero attached hydrogens (tertiary/aromatic N) is 3. The highest BCUT2D eigenvalue weighted by molar-refractivity contribution is 5.67. The van der Waals surface area contributed by atoms with E-state index in [2.05, 4.69) is 14.9 Å². The predicted molar refractivity (Wildman–Crippen MR) is 71.0 cm³/mol. The van der Waals surface area contributed by atoms with Gasteiger partial charge in [0.05, 0.1) is 0 Å². The van der Waals surface area contributed by atoms with Crippen molar-refractivity contribution in [3.05, 3.63) is 18.1 Å². The highest BCUT2D eigenvalue weighted by atomic mass is 16.4. The smallest absolute Gasteiger partial charge is 0.303 e. The molecule has 2 atom stereocenters. The summed E-state index contributed by atoms with van der Waals surface area (Å²) in [6.45, 7) is 1.91. The number of fused-ring (bicyclic) bond motifs is 2. The SMILES string of the molecule is Cc1nccc(N2C3CCC2CC(CC(=O)O)C3)n1. The van der Waals surface area contributed by atoms with Crippen molar-refractivity contribution in [3.8, 4) is 0 Å². The second kappa shape index (κ2) is 4.79. The van der Waals surface area contributed by atoms with E-state index in [0.29, 0.717) is 24.4 Å². The van der Waals surface area contributed by atoms with Crippen LogP contribution in [-0.2, 0) is 4.79 Å². The predicted octanol–water partition coefficient (Wildman–Crippen LogP) is 2.01. The summed E-state index contributed by atoms with van der Waals surface area (Å²) in [4.78, 5) is 21.9. The number of carbonyl (C=O) groups is 1. The maximum Gasteiger partial charge on any atom is 0.303 e. The maximum absolute atomic E-state index is 10.9. The number of carboxylic acid groups (broad SMARTS) is 1. The molecule has 0 radical (unpaired) electrons. The van der Waals surface area contributed by atoms with E-state index in [1.54, 1.807) is 6.20 Å². The van der Waals surface area contributed by atoms with Gasteiger partial charge in [0, 0.05) is 24.7 Å². The summed E-state index contributed by atoms with van der Waals surface area (Å²) in [5.74, 6) is 1.46. The van der Waals surface area contributed by atoms with Gasteiger partial charge >= 0.3 is 5.97 Å². The highest BCUT2D eigenvalue weighted by Crippen LogP contribution is 2.41. The summed E-state index contributed by atoms with van der Waals surface area (Å²) >= 11 is 0. The molecule has 3 heterocycles. The van der Waals surface area contributed by atoms with Crippen molar-refractivity contribution in [1.82, 2.24) is 9.97 Å². The van der Waals surface area contributed by atoms with Crippen LogP contribution in [0.15, 0.2) is 12.3 Å². The second-order valence-electron chi connectivity index (χ2n) is 5.69. The molecule has 1 N–H and O–H groups in total. The molecule has 1 aromatic rings. The molecule has 0 aromatic carbocycles. The van der Waals surface area contributed by atoms with Crippen LogP contribution in [0.4, 0.5) is 5.82 Å². The number of rotatable bonds is 3. The van der Waals surface area contributed by atoms with Crippen LogP contribution in [0.1, 0.15) is 37.9 Å². The van der Waals surface area contributed by atoms with E-state index in [-0.39, 0.29) is 0 Å². The molecular formula is C14H19N3O2. The van der Waals surface area contributed by atoms with Crippen molar-refractivity contribution in [2.45, 2.75) is 51.1 Å². The molecule has 0 amide bonds. The molecular weight excluding hydrogens is 242 g/mol. The average Bonchev–Trinajstić information content (AvgIpc) is 2.61. The lowest BCUT2D eigenvalue weighted by atomic mass is 9.88. The first-order chi connectivity index (χ1) is 9.13. The van der Waals surface area contributed by atoms with E-state index in [4.69, 9.17) is 5.11 Å². The Hall–Kier alpha value is -1.65. The van der Waals surface area contributed by atoms with Crippen LogP contribution in [0.2, 0.25) is 0 Å². The Morgan fingerprint density at radius 2 is 2.11 bits per heavy atom. The molecule has 19 heavy (non-hydrogen) atoms. The summed E-state index contributed by atoms with van der Waals surface area (Å²) in [7, 11) is 0. The minimum atomic E-state index is -0.671. The lowest BCUT2D eigenvalue weighted by molar-refractivity contribution is -0.138. The van der Waals surface area contributed by atoms with Crippen molar-refractivity contribution < 1.29 is 9.90 Å². The highest BCUT2D eigenvalue weighted by Gasteiger charge is 2.41. The summed E-state index contributed by atoms with van der Waals surface area (Å²) in [5.41, 5.74) is 0. The van der Waals surface area contributed by atoms with Crippen molar-refractivity contribution in [2.24, 2.45) is 5.92 Å². The number of aromatic nitrogens is 2. The van der Waals surface area contributed by atoms with E-state index in [1.165, 1.54) is 0 Å². The van der Waals surface area contributed by atoms with Gasteiger partial charge in [-0.3, -0.25) is 4.79 Å². The Balaban J connectivity index is 1.78. The van der Waals surface area contributed by atoms with Crippen molar-refractivity contribution in [2.75, 3.05) is 4.90 Å². The Kier molecular flexibility index (Phi) is 3.12. The topological polar surface area (TPSA) is 66.3 Å². The fourth-order valence-electron chi connectivity index (χ4n) is 3.66. The van der Waals surface area contributed by atoms with Gasteiger partial charge in [0.2, 0.25) is 0 Å². The Morgan fingerprint density at radius 1 is 1.42 bits per heavy atom. The molecule has 0 aliphatic carbocycles. The van der Waals surface area contributed by atoms with Gasteiger partial charge < -0.3 is 10.0 Å². The first-order valence-corrected chi connectivity index (χ1v) is 6.93. The van der Waals surface area contributed by atoms with Crippen molar-refractivity contribution in [1.29, 1.82) is 0 Å². The van der Waals surface area contributed by atoms with Gasteiger partial charge in [-0.25, -0.2) is 9.97 Å². The van der Waals surface area contributed by atoms with E-state index in [0.717, 1.165) is 37.3 Å². The molecule has 2 aliphatic rings. The number of carboxylic acids is 1. The molecule has 0 spiro atoms. The molecule has 0 saturated carbocycles. The fraction of sp³-hybridized carbons (Fsp3) is 0.643. The number of hydrogen-bond donors (Lipinski definition) is 1. The fourth-order valence-corrected chi connectivity index (χ4v) is 3.66. The Labute approximate surface area is 112 Å². The number of aliphatic carboxylic acids is 1. The second-order valence-corrected chi connectivity index (χ2v) is 5.69. The third-order valence-electron chi connectivity index (χ3n) is 4.32. The first-order valence-electron chi connectivity index (χ1n) is 6.93. The summed E-state index contributed by atoms with van der Waals surface area (Å²) < 4.78 is 0. The molecule has 5 nitrogen and oxygen atoms in total. The summed E-state index contributed by atoms with van der Waals surface area (Å²) in [6.07, 6.45) is 6.38. The van der Waals surface area contributed by atoms with Gasteiger partial charge in [-0.2, -0.15) is 0 Å². The van der Waals surface area contributed by atoms with Gasteiger partial charge in [0.15, 0.2) is 0 Å². The molecule has 102 valence electrons. The number of aryl methyl sites for hydroxylation is 1. The van der Waals surface area contributed by atoms with Gasteiger partial charge in [-0.05, 0) is 44.6 Å². The van der Waals surface area contributed by atoms with Crippen molar-refractivity contribution in [3.63, 3.8) is 0 Å². The first kappa shape index (κ1) is 12.4. The Bertz CT molecular complexity index is 477. The van der Waals surface area contributed by atoms with Gasteiger partial charge in [-0.1, -0.05) is 0 Å². The van der Waals surface area contributed by atoms with Gasteiger partial charge in [0.25, 0.3) is 0 Å². The molecule has 2 aliphatic heterocycles. The lowest BCUT2D eigenvalue weighted by Crippen LogP contribution is -2.44. The third kappa shape index (κ3) is 2.41. The van der Waals surface area contributed by atoms with E-state index in [9.17, 15) is 4.79 Å². The largest absolute Gasteiger partial charge is 0.481 e. The Morgan fingerprint density at radius 3 is 2.68 bits per heavy atom. The molecule has 1 aromatic heterocycles. The molecule has 2 fully saturated rings.